The molecule has 1 aliphatic rings. The fourth-order valence-electron chi connectivity index (χ4n) is 4.49. The average molecular weight is 555 g/mol. The number of anilines is 4. The summed E-state index contributed by atoms with van der Waals surface area (Å²) in [6.07, 6.45) is -5.62. The van der Waals surface area contributed by atoms with E-state index in [1.807, 2.05) is 19.0 Å². The third kappa shape index (κ3) is 6.67. The first kappa shape index (κ1) is 28.3. The molecule has 0 saturated carbocycles. The molecule has 4 rings (SSSR count). The molecule has 0 spiro atoms. The highest BCUT2D eigenvalue weighted by atomic mass is 19.4. The van der Waals surface area contributed by atoms with E-state index < -0.39 is 23.6 Å². The summed E-state index contributed by atoms with van der Waals surface area (Å²) in [5.41, 5.74) is -0.272. The normalized spacial score (nSPS) is 16.2. The van der Waals surface area contributed by atoms with Crippen LogP contribution >= 0.6 is 0 Å². The minimum Gasteiger partial charge on any atom is -0.357 e. The van der Waals surface area contributed by atoms with Crippen molar-refractivity contribution in [2.45, 2.75) is 37.7 Å². The molecule has 1 atom stereocenters. The smallest absolute Gasteiger partial charge is 0.357 e. The minimum atomic E-state index is -4.59. The number of alkyl halides is 6. The summed E-state index contributed by atoms with van der Waals surface area (Å²) in [6.45, 7) is 0.824. The van der Waals surface area contributed by atoms with Crippen molar-refractivity contribution in [2.75, 3.05) is 49.8 Å². The van der Waals surface area contributed by atoms with Gasteiger partial charge in [-0.15, -0.1) is 0 Å². The molecule has 8 nitrogen and oxygen atoms in total. The van der Waals surface area contributed by atoms with Crippen LogP contribution in [0.3, 0.4) is 0 Å². The molecule has 0 saturated heterocycles. The van der Waals surface area contributed by atoms with E-state index in [0.717, 1.165) is 18.3 Å². The summed E-state index contributed by atoms with van der Waals surface area (Å²) in [5, 5.41) is 5.91. The molecule has 0 aliphatic carbocycles. The Kier molecular flexibility index (Phi) is 8.14. The molecular weight excluding hydrogens is 526 g/mol. The van der Waals surface area contributed by atoms with Crippen LogP contribution in [0.1, 0.15) is 28.9 Å². The fourth-order valence-corrected chi connectivity index (χ4v) is 4.49. The largest absolute Gasteiger partial charge is 0.433 e. The first-order chi connectivity index (χ1) is 18.4. The maximum Gasteiger partial charge on any atom is 0.433 e. The van der Waals surface area contributed by atoms with Crippen LogP contribution in [0.15, 0.2) is 36.7 Å². The molecule has 210 valence electrons. The molecule has 3 aromatic rings. The Bertz CT molecular complexity index is 1280. The molecule has 2 N–H and O–H groups in total. The second-order valence-corrected chi connectivity index (χ2v) is 9.39. The number of rotatable bonds is 7. The van der Waals surface area contributed by atoms with Gasteiger partial charge in [-0.25, -0.2) is 15.0 Å². The Morgan fingerprint density at radius 2 is 1.79 bits per heavy atom. The zero-order chi connectivity index (χ0) is 28.4. The Balaban J connectivity index is 1.73. The van der Waals surface area contributed by atoms with E-state index >= 15 is 0 Å². The summed E-state index contributed by atoms with van der Waals surface area (Å²) in [7, 11) is 5.40. The Hall–Kier alpha value is -3.68. The summed E-state index contributed by atoms with van der Waals surface area (Å²) in [4.78, 5) is 20.3. The van der Waals surface area contributed by atoms with Gasteiger partial charge in [0.05, 0.1) is 23.1 Å². The standard InChI is InChI=1S/C25H28F6N8/c1-32-23-36-19-13-16(8-11-38(2)3)39(22-18(24(26,27)28)5-4-10-33-22)12-9-17(19)21(37-23)35-15-6-7-20(34-14-15)25(29,30)31/h4-7,10,14,16H,8-9,11-13H2,1-3H3,(H2,32,35,36,37). The quantitative estimate of drug-likeness (QED) is 0.395. The Morgan fingerprint density at radius 1 is 1.03 bits per heavy atom. The van der Waals surface area contributed by atoms with Crippen LogP contribution in [0.5, 0.6) is 0 Å². The van der Waals surface area contributed by atoms with Crippen LogP contribution in [-0.4, -0.2) is 65.1 Å². The lowest BCUT2D eigenvalue weighted by Crippen LogP contribution is -2.40. The summed E-state index contributed by atoms with van der Waals surface area (Å²) in [5.74, 6) is 0.464. The number of fused-ring (bicyclic) bond motifs is 1. The van der Waals surface area contributed by atoms with Gasteiger partial charge >= 0.3 is 12.4 Å². The van der Waals surface area contributed by atoms with E-state index in [2.05, 4.69) is 30.6 Å². The van der Waals surface area contributed by atoms with Crippen molar-refractivity contribution in [3.63, 3.8) is 0 Å². The molecule has 1 aliphatic heterocycles. The van der Waals surface area contributed by atoms with Gasteiger partial charge in [-0.2, -0.15) is 31.3 Å². The number of hydrogen-bond acceptors (Lipinski definition) is 8. The minimum absolute atomic E-state index is 0.148. The zero-order valence-electron chi connectivity index (χ0n) is 21.5. The van der Waals surface area contributed by atoms with Crippen LogP contribution < -0.4 is 15.5 Å². The van der Waals surface area contributed by atoms with Gasteiger partial charge in [0.2, 0.25) is 5.95 Å². The van der Waals surface area contributed by atoms with E-state index in [9.17, 15) is 26.3 Å². The van der Waals surface area contributed by atoms with E-state index in [1.165, 1.54) is 18.3 Å². The third-order valence-electron chi connectivity index (χ3n) is 6.38. The van der Waals surface area contributed by atoms with Gasteiger partial charge in [-0.1, -0.05) is 0 Å². The summed E-state index contributed by atoms with van der Waals surface area (Å²) >= 11 is 0. The number of hydrogen-bond donors (Lipinski definition) is 2. The van der Waals surface area contributed by atoms with Crippen molar-refractivity contribution in [1.29, 1.82) is 0 Å². The van der Waals surface area contributed by atoms with Crippen molar-refractivity contribution in [1.82, 2.24) is 24.8 Å². The molecule has 0 aromatic carbocycles. The van der Waals surface area contributed by atoms with Gasteiger partial charge < -0.3 is 20.4 Å². The van der Waals surface area contributed by atoms with E-state index in [0.29, 0.717) is 36.5 Å². The number of pyridine rings is 2. The molecule has 0 bridgehead atoms. The molecule has 4 heterocycles. The van der Waals surface area contributed by atoms with E-state index in [1.54, 1.807) is 11.9 Å². The van der Waals surface area contributed by atoms with Crippen molar-refractivity contribution in [2.24, 2.45) is 0 Å². The van der Waals surface area contributed by atoms with Gasteiger partial charge in [0, 0.05) is 37.8 Å². The van der Waals surface area contributed by atoms with Gasteiger partial charge in [0.25, 0.3) is 0 Å². The average Bonchev–Trinajstić information content (AvgIpc) is 3.06. The SMILES string of the molecule is CNc1nc2c(c(Nc3ccc(C(F)(F)F)nc3)n1)CCN(c1ncccc1C(F)(F)F)C(CCN(C)C)C2. The Labute approximate surface area is 221 Å². The molecule has 39 heavy (non-hydrogen) atoms. The molecular formula is C25H28F6N8. The topological polar surface area (TPSA) is 82.1 Å². The maximum atomic E-state index is 13.9. The number of halogens is 6. The lowest BCUT2D eigenvalue weighted by molar-refractivity contribution is -0.141. The van der Waals surface area contributed by atoms with Gasteiger partial charge in [-0.3, -0.25) is 0 Å². The van der Waals surface area contributed by atoms with Crippen molar-refractivity contribution in [3.8, 4) is 0 Å². The van der Waals surface area contributed by atoms with Crippen LogP contribution in [0, 0.1) is 0 Å². The highest BCUT2D eigenvalue weighted by molar-refractivity contribution is 5.62. The van der Waals surface area contributed by atoms with Crippen molar-refractivity contribution < 1.29 is 26.3 Å². The maximum absolute atomic E-state index is 13.9. The lowest BCUT2D eigenvalue weighted by atomic mass is 10.0. The molecule has 1 unspecified atom stereocenters. The van der Waals surface area contributed by atoms with Crippen LogP contribution in [0.4, 0.5) is 49.6 Å². The predicted octanol–water partition coefficient (Wildman–Crippen LogP) is 5.02. The van der Waals surface area contributed by atoms with Crippen molar-refractivity contribution >= 4 is 23.3 Å². The Morgan fingerprint density at radius 3 is 2.41 bits per heavy atom. The van der Waals surface area contributed by atoms with Crippen LogP contribution in [0.25, 0.3) is 0 Å². The predicted molar refractivity (Wildman–Crippen MR) is 135 cm³/mol. The lowest BCUT2D eigenvalue weighted by Gasteiger charge is -2.33. The monoisotopic (exact) mass is 554 g/mol. The molecule has 0 radical (unpaired) electrons. The number of nitrogens with one attached hydrogen (secondary N) is 2. The second kappa shape index (κ2) is 11.2. The van der Waals surface area contributed by atoms with Gasteiger partial charge in [0.1, 0.15) is 17.3 Å². The fraction of sp³-hybridized carbons (Fsp3) is 0.440. The first-order valence-corrected chi connectivity index (χ1v) is 12.2. The number of aromatic nitrogens is 4. The van der Waals surface area contributed by atoms with E-state index in [4.69, 9.17) is 0 Å². The van der Waals surface area contributed by atoms with Gasteiger partial charge in [-0.05, 0) is 57.7 Å². The van der Waals surface area contributed by atoms with E-state index in [-0.39, 0.29) is 36.5 Å². The summed E-state index contributed by atoms with van der Waals surface area (Å²) in [6, 6.07) is 4.03. The molecule has 14 heteroatoms. The summed E-state index contributed by atoms with van der Waals surface area (Å²) < 4.78 is 80.6. The molecule has 3 aromatic heterocycles. The number of nitrogens with zero attached hydrogens (tertiary/aromatic N) is 6. The molecule has 0 amide bonds. The first-order valence-electron chi connectivity index (χ1n) is 12.2. The van der Waals surface area contributed by atoms with Crippen LogP contribution in [-0.2, 0) is 25.2 Å². The third-order valence-corrected chi connectivity index (χ3v) is 6.38. The highest BCUT2D eigenvalue weighted by Crippen LogP contribution is 2.38. The van der Waals surface area contributed by atoms with Crippen molar-refractivity contribution in [3.05, 3.63) is 59.2 Å². The second-order valence-electron chi connectivity index (χ2n) is 9.39. The zero-order valence-corrected chi connectivity index (χ0v) is 21.5. The van der Waals surface area contributed by atoms with Gasteiger partial charge in [0.15, 0.2) is 0 Å². The van der Waals surface area contributed by atoms with Crippen LogP contribution in [0.2, 0.25) is 0 Å². The highest BCUT2D eigenvalue weighted by Gasteiger charge is 2.38. The molecule has 0 fully saturated rings.